The lowest BCUT2D eigenvalue weighted by atomic mass is 10.2. The Balaban J connectivity index is 1.75. The summed E-state index contributed by atoms with van der Waals surface area (Å²) in [5.74, 6) is 0.519. The number of aliphatic imine (C=N–C) groups is 1. The number of amides is 1. The van der Waals surface area contributed by atoms with Gasteiger partial charge in [-0.1, -0.05) is 23.2 Å². The molecule has 1 heterocycles. The maximum atomic E-state index is 12.1. The topological polar surface area (TPSA) is 78.4 Å². The summed E-state index contributed by atoms with van der Waals surface area (Å²) in [6.07, 6.45) is 2.69. The maximum absolute atomic E-state index is 12.1. The number of halogens is 2. The molecule has 0 fully saturated rings. The molecule has 0 aliphatic heterocycles. The number of guanidine groups is 1. The van der Waals surface area contributed by atoms with Crippen LogP contribution in [0, 0.1) is 6.92 Å². The van der Waals surface area contributed by atoms with Gasteiger partial charge in [-0.3, -0.25) is 9.79 Å². The highest BCUT2D eigenvalue weighted by molar-refractivity contribution is 7.11. The number of thiazole rings is 1. The third-order valence-electron chi connectivity index (χ3n) is 3.49. The third-order valence-corrected chi connectivity index (χ3v) is 5.21. The summed E-state index contributed by atoms with van der Waals surface area (Å²) >= 11 is 13.5. The van der Waals surface area contributed by atoms with Crippen molar-refractivity contribution < 1.29 is 4.79 Å². The summed E-state index contributed by atoms with van der Waals surface area (Å²) < 4.78 is 0. The van der Waals surface area contributed by atoms with Crippen molar-refractivity contribution in [3.63, 3.8) is 0 Å². The standard InChI is InChI=1S/C18H23Cl2N5OS/c1-3-21-18(23-7-6-16-25-11-12(2)27-16)24-9-8-22-17(26)13-4-5-14(19)15(20)10-13/h4-5,10-11H,3,6-9H2,1-2H3,(H,22,26)(H2,21,23,24). The Bertz CT molecular complexity index is 794. The Morgan fingerprint density at radius 3 is 2.63 bits per heavy atom. The van der Waals surface area contributed by atoms with Crippen LogP contribution in [0.15, 0.2) is 29.4 Å². The fraction of sp³-hybridized carbons (Fsp3) is 0.389. The van der Waals surface area contributed by atoms with Crippen LogP contribution in [-0.4, -0.2) is 43.0 Å². The van der Waals surface area contributed by atoms with E-state index in [1.54, 1.807) is 29.5 Å². The second-order valence-corrected chi connectivity index (χ2v) is 7.82. The lowest BCUT2D eigenvalue weighted by molar-refractivity contribution is 0.0954. The van der Waals surface area contributed by atoms with Gasteiger partial charge in [-0.2, -0.15) is 0 Å². The van der Waals surface area contributed by atoms with E-state index >= 15 is 0 Å². The van der Waals surface area contributed by atoms with Gasteiger partial charge < -0.3 is 16.0 Å². The molecule has 6 nitrogen and oxygen atoms in total. The summed E-state index contributed by atoms with van der Waals surface area (Å²) in [6, 6.07) is 4.80. The number of aromatic nitrogens is 1. The van der Waals surface area contributed by atoms with Crippen LogP contribution in [0.2, 0.25) is 10.0 Å². The van der Waals surface area contributed by atoms with Gasteiger partial charge >= 0.3 is 0 Å². The summed E-state index contributed by atoms with van der Waals surface area (Å²) in [7, 11) is 0. The van der Waals surface area contributed by atoms with Crippen LogP contribution in [0.5, 0.6) is 0 Å². The molecule has 3 N–H and O–H groups in total. The van der Waals surface area contributed by atoms with E-state index in [2.05, 4.69) is 25.9 Å². The molecule has 0 saturated carbocycles. The molecule has 1 amide bonds. The first-order valence-electron chi connectivity index (χ1n) is 8.66. The van der Waals surface area contributed by atoms with Crippen LogP contribution in [-0.2, 0) is 6.42 Å². The fourth-order valence-electron chi connectivity index (χ4n) is 2.22. The Morgan fingerprint density at radius 2 is 1.96 bits per heavy atom. The van der Waals surface area contributed by atoms with Gasteiger partial charge in [-0.05, 0) is 32.0 Å². The zero-order chi connectivity index (χ0) is 19.6. The van der Waals surface area contributed by atoms with Crippen LogP contribution in [0.3, 0.4) is 0 Å². The zero-order valence-corrected chi connectivity index (χ0v) is 17.6. The number of nitrogens with zero attached hydrogens (tertiary/aromatic N) is 2. The monoisotopic (exact) mass is 427 g/mol. The molecule has 0 aliphatic rings. The Kier molecular flexibility index (Phi) is 8.84. The summed E-state index contributed by atoms with van der Waals surface area (Å²) in [4.78, 5) is 22.2. The fourth-order valence-corrected chi connectivity index (χ4v) is 3.29. The Morgan fingerprint density at radius 1 is 1.19 bits per heavy atom. The predicted octanol–water partition coefficient (Wildman–Crippen LogP) is 3.29. The lowest BCUT2D eigenvalue weighted by Crippen LogP contribution is -2.41. The van der Waals surface area contributed by atoms with Gasteiger partial charge in [-0.15, -0.1) is 11.3 Å². The van der Waals surface area contributed by atoms with E-state index < -0.39 is 0 Å². The zero-order valence-electron chi connectivity index (χ0n) is 15.3. The molecule has 27 heavy (non-hydrogen) atoms. The van der Waals surface area contributed by atoms with Crippen LogP contribution in [0.4, 0.5) is 0 Å². The largest absolute Gasteiger partial charge is 0.357 e. The lowest BCUT2D eigenvalue weighted by Gasteiger charge is -2.12. The van der Waals surface area contributed by atoms with Crippen molar-refractivity contribution >= 4 is 46.4 Å². The molecule has 0 aliphatic carbocycles. The van der Waals surface area contributed by atoms with E-state index in [4.69, 9.17) is 23.2 Å². The SMILES string of the molecule is CCNC(=NCCc1ncc(C)s1)NCCNC(=O)c1ccc(Cl)c(Cl)c1. The molecule has 0 saturated heterocycles. The van der Waals surface area contributed by atoms with Crippen molar-refractivity contribution in [2.24, 2.45) is 4.99 Å². The van der Waals surface area contributed by atoms with Gasteiger partial charge in [0.2, 0.25) is 0 Å². The van der Waals surface area contributed by atoms with Crippen LogP contribution in [0.1, 0.15) is 27.2 Å². The van der Waals surface area contributed by atoms with Crippen molar-refractivity contribution in [3.05, 3.63) is 49.9 Å². The van der Waals surface area contributed by atoms with E-state index in [1.165, 1.54) is 4.88 Å². The third kappa shape index (κ3) is 7.36. The van der Waals surface area contributed by atoms with Gasteiger partial charge in [0.1, 0.15) is 0 Å². The summed E-state index contributed by atoms with van der Waals surface area (Å²) in [5.41, 5.74) is 0.476. The average molecular weight is 428 g/mol. The number of nitrogens with one attached hydrogen (secondary N) is 3. The molecular weight excluding hydrogens is 405 g/mol. The van der Waals surface area contributed by atoms with Gasteiger partial charge in [0.05, 0.1) is 15.1 Å². The maximum Gasteiger partial charge on any atom is 0.251 e. The number of hydrogen-bond acceptors (Lipinski definition) is 4. The first kappa shape index (κ1) is 21.5. The van der Waals surface area contributed by atoms with Gasteiger partial charge in [-0.25, -0.2) is 4.98 Å². The quantitative estimate of drug-likeness (QED) is 0.343. The van der Waals surface area contributed by atoms with Crippen molar-refractivity contribution in [1.29, 1.82) is 0 Å². The molecule has 0 atom stereocenters. The van der Waals surface area contributed by atoms with Gasteiger partial charge in [0, 0.05) is 49.2 Å². The number of carbonyl (C=O) groups excluding carboxylic acids is 1. The minimum Gasteiger partial charge on any atom is -0.357 e. The number of hydrogen-bond donors (Lipinski definition) is 3. The number of aryl methyl sites for hydroxylation is 1. The van der Waals surface area contributed by atoms with E-state index in [1.807, 2.05) is 20.0 Å². The molecule has 1 aromatic heterocycles. The molecule has 9 heteroatoms. The molecule has 1 aromatic carbocycles. The van der Waals surface area contributed by atoms with Gasteiger partial charge in [0.15, 0.2) is 5.96 Å². The van der Waals surface area contributed by atoms with Crippen LogP contribution in [0.25, 0.3) is 0 Å². The molecule has 0 spiro atoms. The molecule has 2 aromatic rings. The molecular formula is C18H23Cl2N5OS. The van der Waals surface area contributed by atoms with Crippen LogP contribution < -0.4 is 16.0 Å². The highest BCUT2D eigenvalue weighted by Gasteiger charge is 2.07. The van der Waals surface area contributed by atoms with Crippen molar-refractivity contribution in [2.45, 2.75) is 20.3 Å². The normalized spacial score (nSPS) is 11.3. The highest BCUT2D eigenvalue weighted by Crippen LogP contribution is 2.22. The average Bonchev–Trinajstić information content (AvgIpc) is 3.06. The predicted molar refractivity (Wildman–Crippen MR) is 113 cm³/mol. The Hall–Kier alpha value is -1.83. The van der Waals surface area contributed by atoms with E-state index in [9.17, 15) is 4.79 Å². The second-order valence-electron chi connectivity index (χ2n) is 5.69. The first-order valence-corrected chi connectivity index (χ1v) is 10.2. The second kappa shape index (κ2) is 11.1. The van der Waals surface area contributed by atoms with Crippen molar-refractivity contribution in [3.8, 4) is 0 Å². The van der Waals surface area contributed by atoms with E-state index in [-0.39, 0.29) is 5.91 Å². The number of benzene rings is 1. The first-order chi connectivity index (χ1) is 13.0. The number of rotatable bonds is 8. The molecule has 0 bridgehead atoms. The van der Waals surface area contributed by atoms with E-state index in [0.29, 0.717) is 35.2 Å². The minimum absolute atomic E-state index is 0.198. The summed E-state index contributed by atoms with van der Waals surface area (Å²) in [5, 5.41) is 11.1. The van der Waals surface area contributed by atoms with E-state index in [0.717, 1.165) is 23.9 Å². The molecule has 0 unspecified atom stereocenters. The molecule has 146 valence electrons. The number of carbonyl (C=O) groups is 1. The highest BCUT2D eigenvalue weighted by atomic mass is 35.5. The Labute approximate surface area is 173 Å². The minimum atomic E-state index is -0.198. The molecule has 0 radical (unpaired) electrons. The summed E-state index contributed by atoms with van der Waals surface area (Å²) in [6.45, 7) is 6.47. The van der Waals surface area contributed by atoms with Gasteiger partial charge in [0.25, 0.3) is 5.91 Å². The van der Waals surface area contributed by atoms with Crippen LogP contribution >= 0.6 is 34.5 Å². The van der Waals surface area contributed by atoms with Crippen molar-refractivity contribution in [1.82, 2.24) is 20.9 Å². The smallest absolute Gasteiger partial charge is 0.251 e. The molecule has 2 rings (SSSR count). The van der Waals surface area contributed by atoms with Crippen molar-refractivity contribution in [2.75, 3.05) is 26.2 Å².